The van der Waals surface area contributed by atoms with Crippen LogP contribution in [0.2, 0.25) is 0 Å². The SMILES string of the molecule is C=C/C=C\C(=C)COc1ccc(CC(C)=O)cc1.CCCCCC(C)C(C)=O. The molecule has 1 aromatic rings. The van der Waals surface area contributed by atoms with Crippen LogP contribution in [0.25, 0.3) is 0 Å². The molecule has 0 fully saturated rings. The number of ketones is 2. The van der Waals surface area contributed by atoms with E-state index < -0.39 is 0 Å². The molecule has 0 heterocycles. The largest absolute Gasteiger partial charge is 0.489 e. The zero-order valence-electron chi connectivity index (χ0n) is 18.0. The Morgan fingerprint density at radius 3 is 2.29 bits per heavy atom. The lowest BCUT2D eigenvalue weighted by Gasteiger charge is -2.06. The van der Waals surface area contributed by atoms with E-state index in [1.165, 1.54) is 19.3 Å². The smallest absolute Gasteiger partial charge is 0.134 e. The number of rotatable bonds is 12. The third-order valence-electron chi connectivity index (χ3n) is 4.20. The van der Waals surface area contributed by atoms with Gasteiger partial charge < -0.3 is 4.74 Å². The number of benzene rings is 1. The van der Waals surface area contributed by atoms with Crippen LogP contribution in [0, 0.1) is 5.92 Å². The molecule has 0 aliphatic heterocycles. The molecule has 0 amide bonds. The molecule has 0 N–H and O–H groups in total. The summed E-state index contributed by atoms with van der Waals surface area (Å²) >= 11 is 0. The normalized spacial score (nSPS) is 11.3. The van der Waals surface area contributed by atoms with Crippen LogP contribution in [-0.2, 0) is 16.0 Å². The van der Waals surface area contributed by atoms with Crippen molar-refractivity contribution in [2.24, 2.45) is 5.92 Å². The molecule has 0 aromatic heterocycles. The average molecular weight is 385 g/mol. The highest BCUT2D eigenvalue weighted by atomic mass is 16.5. The van der Waals surface area contributed by atoms with Crippen molar-refractivity contribution in [2.45, 2.75) is 59.8 Å². The Bertz CT molecular complexity index is 638. The molecule has 154 valence electrons. The molecule has 1 aromatic carbocycles. The number of allylic oxidation sites excluding steroid dienone is 2. The number of unbranched alkanes of at least 4 members (excludes halogenated alkanes) is 2. The third kappa shape index (κ3) is 13.7. The Kier molecular flexibility index (Phi) is 14.3. The van der Waals surface area contributed by atoms with Crippen molar-refractivity contribution in [2.75, 3.05) is 6.61 Å². The topological polar surface area (TPSA) is 43.4 Å². The Morgan fingerprint density at radius 1 is 1.14 bits per heavy atom. The van der Waals surface area contributed by atoms with E-state index in [0.29, 0.717) is 18.8 Å². The molecule has 1 unspecified atom stereocenters. The molecule has 28 heavy (non-hydrogen) atoms. The van der Waals surface area contributed by atoms with E-state index in [1.807, 2.05) is 43.3 Å². The van der Waals surface area contributed by atoms with Gasteiger partial charge in [0.15, 0.2) is 0 Å². The maximum absolute atomic E-state index is 11.0. The summed E-state index contributed by atoms with van der Waals surface area (Å²) < 4.78 is 5.55. The highest BCUT2D eigenvalue weighted by molar-refractivity contribution is 5.78. The van der Waals surface area contributed by atoms with E-state index in [4.69, 9.17) is 4.74 Å². The summed E-state index contributed by atoms with van der Waals surface area (Å²) in [6, 6.07) is 7.53. The third-order valence-corrected chi connectivity index (χ3v) is 4.20. The predicted octanol–water partition coefficient (Wildman–Crippen LogP) is 6.29. The van der Waals surface area contributed by atoms with Gasteiger partial charge >= 0.3 is 0 Å². The Hall–Kier alpha value is -2.42. The number of hydrogen-bond acceptors (Lipinski definition) is 3. The molecule has 3 nitrogen and oxygen atoms in total. The predicted molar refractivity (Wildman–Crippen MR) is 119 cm³/mol. The zero-order valence-corrected chi connectivity index (χ0v) is 18.0. The second-order valence-electron chi connectivity index (χ2n) is 7.07. The first-order valence-electron chi connectivity index (χ1n) is 9.98. The summed E-state index contributed by atoms with van der Waals surface area (Å²) in [4.78, 5) is 21.7. The van der Waals surface area contributed by atoms with Gasteiger partial charge in [-0.05, 0) is 43.5 Å². The van der Waals surface area contributed by atoms with E-state index >= 15 is 0 Å². The number of carbonyl (C=O) groups excluding carboxylic acids is 2. The van der Waals surface area contributed by atoms with Gasteiger partial charge in [-0.1, -0.05) is 76.6 Å². The molecule has 0 saturated carbocycles. The first-order valence-corrected chi connectivity index (χ1v) is 9.98. The lowest BCUT2D eigenvalue weighted by atomic mass is 10.0. The Balaban J connectivity index is 0.000000621. The van der Waals surface area contributed by atoms with E-state index in [2.05, 4.69) is 20.1 Å². The van der Waals surface area contributed by atoms with Crippen LogP contribution in [0.5, 0.6) is 5.75 Å². The van der Waals surface area contributed by atoms with Gasteiger partial charge in [0.2, 0.25) is 0 Å². The van der Waals surface area contributed by atoms with Gasteiger partial charge in [0.25, 0.3) is 0 Å². The number of hydrogen-bond donors (Lipinski definition) is 0. The quantitative estimate of drug-likeness (QED) is 0.314. The first-order chi connectivity index (χ1) is 13.3. The molecule has 1 rings (SSSR count). The van der Waals surface area contributed by atoms with Crippen LogP contribution in [0.15, 0.2) is 61.2 Å². The van der Waals surface area contributed by atoms with Gasteiger partial charge in [-0.15, -0.1) is 0 Å². The summed E-state index contributed by atoms with van der Waals surface area (Å²) in [7, 11) is 0. The van der Waals surface area contributed by atoms with Gasteiger partial charge in [-0.25, -0.2) is 0 Å². The Morgan fingerprint density at radius 2 is 1.79 bits per heavy atom. The minimum Gasteiger partial charge on any atom is -0.489 e. The van der Waals surface area contributed by atoms with Crippen molar-refractivity contribution in [3.05, 3.63) is 66.8 Å². The first kappa shape index (κ1) is 25.6. The summed E-state index contributed by atoms with van der Waals surface area (Å²) in [6.07, 6.45) is 10.6. The van der Waals surface area contributed by atoms with Crippen LogP contribution in [0.1, 0.15) is 58.9 Å². The molecule has 0 bridgehead atoms. The second kappa shape index (κ2) is 15.6. The highest BCUT2D eigenvalue weighted by Gasteiger charge is 2.05. The average Bonchev–Trinajstić information content (AvgIpc) is 2.66. The van der Waals surface area contributed by atoms with Crippen molar-refractivity contribution in [1.82, 2.24) is 0 Å². The standard InChI is InChI=1S/C16H18O2.C9H18O/c1-4-5-6-13(2)12-18-16-9-7-15(8-10-16)11-14(3)17;1-4-5-6-7-8(2)9(3)10/h4-10H,1-2,11-12H2,3H3;8H,4-7H2,1-3H3/b6-5-;. The van der Waals surface area contributed by atoms with Crippen LogP contribution >= 0.6 is 0 Å². The minimum atomic E-state index is 0.159. The second-order valence-corrected chi connectivity index (χ2v) is 7.07. The van der Waals surface area contributed by atoms with Gasteiger partial charge in [0, 0.05) is 12.3 Å². The monoisotopic (exact) mass is 384 g/mol. The fourth-order valence-corrected chi connectivity index (χ4v) is 2.32. The molecular formula is C25H36O3. The van der Waals surface area contributed by atoms with E-state index in [0.717, 1.165) is 23.3 Å². The molecule has 3 heteroatoms. The van der Waals surface area contributed by atoms with Gasteiger partial charge in [0.1, 0.15) is 23.9 Å². The van der Waals surface area contributed by atoms with Gasteiger partial charge in [-0.3, -0.25) is 9.59 Å². The van der Waals surface area contributed by atoms with Gasteiger partial charge in [0.05, 0.1) is 0 Å². The van der Waals surface area contributed by atoms with E-state index in [9.17, 15) is 9.59 Å². The van der Waals surface area contributed by atoms with Gasteiger partial charge in [-0.2, -0.15) is 0 Å². The van der Waals surface area contributed by atoms with Crippen LogP contribution in [0.4, 0.5) is 0 Å². The van der Waals surface area contributed by atoms with Crippen molar-refractivity contribution in [3.8, 4) is 5.75 Å². The molecular weight excluding hydrogens is 348 g/mol. The van der Waals surface area contributed by atoms with Crippen LogP contribution in [-0.4, -0.2) is 18.2 Å². The molecule has 0 aliphatic carbocycles. The summed E-state index contributed by atoms with van der Waals surface area (Å²) in [5, 5.41) is 0. The summed E-state index contributed by atoms with van der Waals surface area (Å²) in [6.45, 7) is 15.3. The van der Waals surface area contributed by atoms with E-state index in [1.54, 1.807) is 19.9 Å². The molecule has 0 spiro atoms. The van der Waals surface area contributed by atoms with E-state index in [-0.39, 0.29) is 11.7 Å². The molecule has 0 aliphatic rings. The minimum absolute atomic E-state index is 0.159. The lowest BCUT2D eigenvalue weighted by molar-refractivity contribution is -0.120. The lowest BCUT2D eigenvalue weighted by Crippen LogP contribution is -2.05. The summed E-state index contributed by atoms with van der Waals surface area (Å²) in [5.74, 6) is 1.55. The van der Waals surface area contributed by atoms with Crippen molar-refractivity contribution in [1.29, 1.82) is 0 Å². The summed E-state index contributed by atoms with van der Waals surface area (Å²) in [5.41, 5.74) is 1.88. The molecule has 0 saturated heterocycles. The number of ether oxygens (including phenoxy) is 1. The Labute approximate surface area is 171 Å². The van der Waals surface area contributed by atoms with Crippen molar-refractivity contribution >= 4 is 11.6 Å². The maximum atomic E-state index is 11.0. The number of carbonyl (C=O) groups is 2. The zero-order chi connectivity index (χ0) is 21.4. The van der Waals surface area contributed by atoms with Crippen LogP contribution in [0.3, 0.4) is 0 Å². The maximum Gasteiger partial charge on any atom is 0.134 e. The van der Waals surface area contributed by atoms with Crippen molar-refractivity contribution < 1.29 is 14.3 Å². The molecule has 0 radical (unpaired) electrons. The number of Topliss-reactive ketones (excluding diaryl/α,β-unsaturated/α-hetero) is 2. The fraction of sp³-hybridized carbons (Fsp3) is 0.440. The van der Waals surface area contributed by atoms with Crippen LogP contribution < -0.4 is 4.74 Å². The highest BCUT2D eigenvalue weighted by Crippen LogP contribution is 2.14. The van der Waals surface area contributed by atoms with Crippen molar-refractivity contribution in [3.63, 3.8) is 0 Å². The fourth-order valence-electron chi connectivity index (χ4n) is 2.32. The molecule has 1 atom stereocenters.